The van der Waals surface area contributed by atoms with Gasteiger partial charge in [0.25, 0.3) is 0 Å². The highest BCUT2D eigenvalue weighted by atomic mass is 32.2. The fraction of sp³-hybridized carbons (Fsp3) is 0.214. The van der Waals surface area contributed by atoms with E-state index in [-0.39, 0.29) is 22.3 Å². The molecule has 4 nitrogen and oxygen atoms in total. The summed E-state index contributed by atoms with van der Waals surface area (Å²) in [6.45, 7) is 0. The number of rotatable bonds is 3. The largest absolute Gasteiger partial charge is 0.396 e. The lowest BCUT2D eigenvalue weighted by atomic mass is 10.0. The fourth-order valence-corrected chi connectivity index (χ4v) is 5.49. The molecule has 0 radical (unpaired) electrons. The molecule has 104 valence electrons. The molecular formula is C14H14N2O2S2. The van der Waals surface area contributed by atoms with Crippen molar-refractivity contribution < 1.29 is 8.42 Å². The summed E-state index contributed by atoms with van der Waals surface area (Å²) in [6, 6.07) is 9.44. The van der Waals surface area contributed by atoms with Crippen LogP contribution in [0, 0.1) is 0 Å². The van der Waals surface area contributed by atoms with Gasteiger partial charge in [-0.1, -0.05) is 18.2 Å². The molecule has 0 fully saturated rings. The van der Waals surface area contributed by atoms with Gasteiger partial charge in [0, 0.05) is 22.8 Å². The second-order valence-electron chi connectivity index (χ2n) is 4.74. The number of thioether (sulfide) groups is 1. The molecule has 0 saturated carbocycles. The predicted octanol–water partition coefficient (Wildman–Crippen LogP) is 2.33. The number of nitrogens with zero attached hydrogens (tertiary/aromatic N) is 1. The smallest absolute Gasteiger partial charge is 0.181 e. The first-order chi connectivity index (χ1) is 9.58. The number of fused-ring (bicyclic) bond motifs is 1. The molecule has 2 N–H and O–H groups in total. The van der Waals surface area contributed by atoms with Gasteiger partial charge >= 0.3 is 0 Å². The summed E-state index contributed by atoms with van der Waals surface area (Å²) in [5, 5.41) is 0. The molecule has 0 saturated heterocycles. The summed E-state index contributed by atoms with van der Waals surface area (Å²) in [5.74, 6) is 0.906. The van der Waals surface area contributed by atoms with Crippen LogP contribution in [0.3, 0.4) is 0 Å². The van der Waals surface area contributed by atoms with Crippen LogP contribution < -0.4 is 5.73 Å². The zero-order valence-electron chi connectivity index (χ0n) is 10.7. The molecule has 1 aliphatic heterocycles. The minimum Gasteiger partial charge on any atom is -0.396 e. The standard InChI is InChI=1S/C14H14N2O2S2/c15-12-7-16-6-5-14(12)20(17,18)9-10-8-19-13-4-2-1-3-11(10)13/h1-7,10H,8-9,15H2. The minimum atomic E-state index is -3.40. The normalized spacial score (nSPS) is 17.9. The molecule has 2 aromatic rings. The first kappa shape index (κ1) is 13.5. The van der Waals surface area contributed by atoms with E-state index in [2.05, 4.69) is 4.98 Å². The number of hydrogen-bond acceptors (Lipinski definition) is 5. The summed E-state index contributed by atoms with van der Waals surface area (Å²) >= 11 is 1.71. The Bertz CT molecular complexity index is 744. The van der Waals surface area contributed by atoms with Crippen LogP contribution in [0.15, 0.2) is 52.5 Å². The van der Waals surface area contributed by atoms with Crippen LogP contribution in [-0.2, 0) is 9.84 Å². The molecule has 1 aromatic carbocycles. The van der Waals surface area contributed by atoms with Gasteiger partial charge in [0.1, 0.15) is 0 Å². The minimum absolute atomic E-state index is 0.0220. The Morgan fingerprint density at radius 2 is 2.10 bits per heavy atom. The van der Waals surface area contributed by atoms with Crippen LogP contribution in [0.2, 0.25) is 0 Å². The molecule has 6 heteroatoms. The van der Waals surface area contributed by atoms with E-state index >= 15 is 0 Å². The second kappa shape index (κ2) is 5.10. The van der Waals surface area contributed by atoms with E-state index in [1.807, 2.05) is 24.3 Å². The Balaban J connectivity index is 1.91. The fourth-order valence-electron chi connectivity index (χ4n) is 2.40. The number of nitrogens with two attached hydrogens (primary N) is 1. The van der Waals surface area contributed by atoms with E-state index in [9.17, 15) is 8.42 Å². The average Bonchev–Trinajstić information content (AvgIpc) is 2.82. The van der Waals surface area contributed by atoms with E-state index in [1.54, 1.807) is 11.8 Å². The molecule has 1 aromatic heterocycles. The first-order valence-corrected chi connectivity index (χ1v) is 8.86. The highest BCUT2D eigenvalue weighted by molar-refractivity contribution is 7.99. The van der Waals surface area contributed by atoms with Crippen molar-refractivity contribution in [3.8, 4) is 0 Å². The van der Waals surface area contributed by atoms with Crippen LogP contribution in [0.4, 0.5) is 5.69 Å². The molecule has 0 spiro atoms. The quantitative estimate of drug-likeness (QED) is 0.942. The van der Waals surface area contributed by atoms with Crippen LogP contribution in [0.5, 0.6) is 0 Å². The van der Waals surface area contributed by atoms with Gasteiger partial charge in [0.2, 0.25) is 0 Å². The first-order valence-electron chi connectivity index (χ1n) is 6.22. The van der Waals surface area contributed by atoms with Crippen LogP contribution >= 0.6 is 11.8 Å². The molecular weight excluding hydrogens is 292 g/mol. The van der Waals surface area contributed by atoms with Crippen molar-refractivity contribution in [2.24, 2.45) is 0 Å². The van der Waals surface area contributed by atoms with Gasteiger partial charge < -0.3 is 5.73 Å². The third kappa shape index (κ3) is 2.41. The maximum Gasteiger partial charge on any atom is 0.181 e. The van der Waals surface area contributed by atoms with Gasteiger partial charge in [-0.2, -0.15) is 0 Å². The molecule has 0 amide bonds. The van der Waals surface area contributed by atoms with Gasteiger partial charge in [-0.15, -0.1) is 11.8 Å². The van der Waals surface area contributed by atoms with Crippen molar-refractivity contribution in [1.82, 2.24) is 4.98 Å². The van der Waals surface area contributed by atoms with E-state index in [0.717, 1.165) is 11.3 Å². The van der Waals surface area contributed by atoms with Crippen molar-refractivity contribution >= 4 is 27.3 Å². The van der Waals surface area contributed by atoms with Crippen LogP contribution in [0.1, 0.15) is 11.5 Å². The van der Waals surface area contributed by atoms with Crippen molar-refractivity contribution in [3.63, 3.8) is 0 Å². The van der Waals surface area contributed by atoms with Gasteiger partial charge in [0.05, 0.1) is 22.5 Å². The highest BCUT2D eigenvalue weighted by Crippen LogP contribution is 2.40. The summed E-state index contributed by atoms with van der Waals surface area (Å²) in [4.78, 5) is 5.19. The van der Waals surface area contributed by atoms with E-state index < -0.39 is 9.84 Å². The van der Waals surface area contributed by atoms with Gasteiger partial charge in [0.15, 0.2) is 9.84 Å². The Hall–Kier alpha value is -1.53. The second-order valence-corrected chi connectivity index (χ2v) is 7.81. The van der Waals surface area contributed by atoms with Crippen molar-refractivity contribution in [2.45, 2.75) is 15.7 Å². The van der Waals surface area contributed by atoms with Crippen molar-refractivity contribution in [2.75, 3.05) is 17.2 Å². The molecule has 0 aliphatic carbocycles. The lowest BCUT2D eigenvalue weighted by molar-refractivity contribution is 0.591. The topological polar surface area (TPSA) is 73.0 Å². The SMILES string of the molecule is Nc1cnccc1S(=O)(=O)CC1CSc2ccccc21. The lowest BCUT2D eigenvalue weighted by Crippen LogP contribution is -2.16. The zero-order chi connectivity index (χ0) is 14.2. The van der Waals surface area contributed by atoms with Gasteiger partial charge in [-0.25, -0.2) is 8.42 Å². The molecule has 0 bridgehead atoms. The number of sulfone groups is 1. The number of anilines is 1. The summed E-state index contributed by atoms with van der Waals surface area (Å²) in [7, 11) is -3.40. The van der Waals surface area contributed by atoms with E-state index in [4.69, 9.17) is 5.73 Å². The highest BCUT2D eigenvalue weighted by Gasteiger charge is 2.29. The molecule has 1 atom stereocenters. The van der Waals surface area contributed by atoms with Crippen molar-refractivity contribution in [1.29, 1.82) is 0 Å². The molecule has 1 aliphatic rings. The third-order valence-electron chi connectivity index (χ3n) is 3.36. The number of pyridine rings is 1. The van der Waals surface area contributed by atoms with E-state index in [1.165, 1.54) is 23.4 Å². The number of aromatic nitrogens is 1. The summed E-state index contributed by atoms with van der Waals surface area (Å²) < 4.78 is 25.0. The predicted molar refractivity (Wildman–Crippen MR) is 80.6 cm³/mol. The number of nitrogen functional groups attached to an aromatic ring is 1. The Morgan fingerprint density at radius 3 is 2.90 bits per heavy atom. The molecule has 1 unspecified atom stereocenters. The summed E-state index contributed by atoms with van der Waals surface area (Å²) in [5.41, 5.74) is 7.06. The lowest BCUT2D eigenvalue weighted by Gasteiger charge is -2.12. The Morgan fingerprint density at radius 1 is 1.30 bits per heavy atom. The Kier molecular flexibility index (Phi) is 3.43. The molecule has 3 rings (SSSR count). The Labute approximate surface area is 122 Å². The third-order valence-corrected chi connectivity index (χ3v) is 6.50. The van der Waals surface area contributed by atoms with E-state index in [0.29, 0.717) is 0 Å². The number of benzene rings is 1. The average molecular weight is 306 g/mol. The number of hydrogen-bond donors (Lipinski definition) is 1. The monoisotopic (exact) mass is 306 g/mol. The maximum absolute atomic E-state index is 12.5. The van der Waals surface area contributed by atoms with Gasteiger partial charge in [-0.3, -0.25) is 4.98 Å². The van der Waals surface area contributed by atoms with Crippen LogP contribution in [-0.4, -0.2) is 24.9 Å². The van der Waals surface area contributed by atoms with Crippen LogP contribution in [0.25, 0.3) is 0 Å². The molecule has 20 heavy (non-hydrogen) atoms. The van der Waals surface area contributed by atoms with Gasteiger partial charge in [-0.05, 0) is 17.7 Å². The zero-order valence-corrected chi connectivity index (χ0v) is 12.3. The van der Waals surface area contributed by atoms with Crippen molar-refractivity contribution in [3.05, 3.63) is 48.3 Å². The maximum atomic E-state index is 12.5. The molecule has 2 heterocycles. The summed E-state index contributed by atoms with van der Waals surface area (Å²) in [6.07, 6.45) is 2.84.